The molecular formula is C18H27ClFN3O. The molecule has 0 aromatic heterocycles. The Kier molecular flexibility index (Phi) is 6.61. The fraction of sp³-hybridized carbons (Fsp3) is 0.611. The van der Waals surface area contributed by atoms with Crippen molar-refractivity contribution in [1.29, 1.82) is 0 Å². The molecule has 0 bridgehead atoms. The number of hydrogen-bond donors (Lipinski definition) is 1. The van der Waals surface area contributed by atoms with E-state index in [-0.39, 0.29) is 30.2 Å². The van der Waals surface area contributed by atoms with Gasteiger partial charge in [0.25, 0.3) is 0 Å². The van der Waals surface area contributed by atoms with Gasteiger partial charge in [-0.15, -0.1) is 12.4 Å². The number of fused-ring (bicyclic) bond motifs is 1. The largest absolute Gasteiger partial charge is 0.340 e. The topological polar surface area (TPSA) is 49.6 Å². The molecule has 1 aromatic carbocycles. The molecule has 1 aliphatic heterocycles. The van der Waals surface area contributed by atoms with Gasteiger partial charge in [0.05, 0.1) is 6.54 Å². The summed E-state index contributed by atoms with van der Waals surface area (Å²) in [6.45, 7) is 2.61. The monoisotopic (exact) mass is 355 g/mol. The lowest BCUT2D eigenvalue weighted by Gasteiger charge is -2.29. The van der Waals surface area contributed by atoms with Crippen molar-refractivity contribution in [1.82, 2.24) is 9.80 Å². The number of nitrogens with zero attached hydrogens (tertiary/aromatic N) is 2. The molecule has 3 rings (SSSR count). The average Bonchev–Trinajstić information content (AvgIpc) is 2.93. The maximum Gasteiger partial charge on any atom is 0.236 e. The predicted octanol–water partition coefficient (Wildman–Crippen LogP) is 2.27. The number of rotatable bonds is 4. The van der Waals surface area contributed by atoms with Gasteiger partial charge in [-0.2, -0.15) is 0 Å². The summed E-state index contributed by atoms with van der Waals surface area (Å²) in [6.07, 6.45) is 3.54. The first kappa shape index (κ1) is 19.2. The van der Waals surface area contributed by atoms with Crippen molar-refractivity contribution in [3.05, 3.63) is 35.6 Å². The Morgan fingerprint density at radius 3 is 2.79 bits per heavy atom. The Labute approximate surface area is 149 Å². The van der Waals surface area contributed by atoms with E-state index in [1.807, 2.05) is 0 Å². The number of amides is 1. The third-order valence-electron chi connectivity index (χ3n) is 5.38. The van der Waals surface area contributed by atoms with Crippen molar-refractivity contribution in [2.24, 2.45) is 17.6 Å². The van der Waals surface area contributed by atoms with Gasteiger partial charge in [0, 0.05) is 38.3 Å². The van der Waals surface area contributed by atoms with E-state index in [4.69, 9.17) is 5.73 Å². The molecule has 2 fully saturated rings. The van der Waals surface area contributed by atoms with Gasteiger partial charge in [0.15, 0.2) is 0 Å². The summed E-state index contributed by atoms with van der Waals surface area (Å²) >= 11 is 0. The van der Waals surface area contributed by atoms with Gasteiger partial charge < -0.3 is 10.6 Å². The molecule has 1 saturated carbocycles. The highest BCUT2D eigenvalue weighted by Crippen LogP contribution is 2.35. The number of likely N-dealkylation sites (N-methyl/N-ethyl adjacent to an activating group) is 1. The number of hydrogen-bond acceptors (Lipinski definition) is 3. The van der Waals surface area contributed by atoms with Crippen LogP contribution in [0, 0.1) is 17.7 Å². The van der Waals surface area contributed by atoms with E-state index in [0.717, 1.165) is 19.5 Å². The summed E-state index contributed by atoms with van der Waals surface area (Å²) in [5.41, 5.74) is 6.78. The maximum atomic E-state index is 13.7. The van der Waals surface area contributed by atoms with Crippen LogP contribution in [0.3, 0.4) is 0 Å². The number of benzene rings is 1. The van der Waals surface area contributed by atoms with Crippen LogP contribution in [0.2, 0.25) is 0 Å². The van der Waals surface area contributed by atoms with E-state index in [2.05, 4.69) is 4.90 Å². The molecule has 2 N–H and O–H groups in total. The maximum absolute atomic E-state index is 13.7. The van der Waals surface area contributed by atoms with Crippen LogP contribution >= 0.6 is 12.4 Å². The second-order valence-corrected chi connectivity index (χ2v) is 7.05. The van der Waals surface area contributed by atoms with Crippen molar-refractivity contribution in [3.63, 3.8) is 0 Å². The van der Waals surface area contributed by atoms with Crippen LogP contribution in [0.25, 0.3) is 0 Å². The zero-order chi connectivity index (χ0) is 16.4. The van der Waals surface area contributed by atoms with Crippen LogP contribution in [0.5, 0.6) is 0 Å². The fourth-order valence-corrected chi connectivity index (χ4v) is 4.02. The minimum absolute atomic E-state index is 0. The minimum Gasteiger partial charge on any atom is -0.340 e. The third-order valence-corrected chi connectivity index (χ3v) is 5.38. The molecule has 2 aliphatic rings. The van der Waals surface area contributed by atoms with Gasteiger partial charge in [-0.25, -0.2) is 4.39 Å². The van der Waals surface area contributed by atoms with E-state index in [1.54, 1.807) is 30.1 Å². The first-order valence-electron chi connectivity index (χ1n) is 8.50. The fourth-order valence-electron chi connectivity index (χ4n) is 4.02. The van der Waals surface area contributed by atoms with Crippen LogP contribution in [0.4, 0.5) is 4.39 Å². The standard InChI is InChI=1S/C18H26FN3O.ClH/c1-21(9-14-5-2-3-7-16(14)19)18(23)12-22-10-13-6-4-8-17(20)15(13)11-22;/h2-3,5,7,13,15,17H,4,6,8-12,20H2,1H3;1H. The highest BCUT2D eigenvalue weighted by molar-refractivity contribution is 5.85. The van der Waals surface area contributed by atoms with Gasteiger partial charge in [-0.1, -0.05) is 24.6 Å². The van der Waals surface area contributed by atoms with Crippen molar-refractivity contribution in [2.75, 3.05) is 26.7 Å². The van der Waals surface area contributed by atoms with Crippen LogP contribution in [0.15, 0.2) is 24.3 Å². The Morgan fingerprint density at radius 2 is 2.08 bits per heavy atom. The Morgan fingerprint density at radius 1 is 1.33 bits per heavy atom. The molecule has 1 heterocycles. The van der Waals surface area contributed by atoms with E-state index in [0.29, 0.717) is 30.5 Å². The van der Waals surface area contributed by atoms with Gasteiger partial charge in [-0.05, 0) is 30.7 Å². The molecule has 134 valence electrons. The Bertz CT molecular complexity index is 571. The molecule has 6 heteroatoms. The van der Waals surface area contributed by atoms with Crippen molar-refractivity contribution in [3.8, 4) is 0 Å². The van der Waals surface area contributed by atoms with Crippen molar-refractivity contribution < 1.29 is 9.18 Å². The van der Waals surface area contributed by atoms with Crippen LogP contribution in [-0.4, -0.2) is 48.4 Å². The summed E-state index contributed by atoms with van der Waals surface area (Å²) in [6, 6.07) is 6.90. The average molecular weight is 356 g/mol. The Balaban J connectivity index is 0.00000208. The number of likely N-dealkylation sites (tertiary alicyclic amines) is 1. The lowest BCUT2D eigenvalue weighted by atomic mass is 9.78. The third kappa shape index (κ3) is 4.26. The first-order valence-corrected chi connectivity index (χ1v) is 8.50. The summed E-state index contributed by atoms with van der Waals surface area (Å²) in [7, 11) is 1.74. The molecule has 3 unspecified atom stereocenters. The van der Waals surface area contributed by atoms with Gasteiger partial charge in [0.1, 0.15) is 5.82 Å². The summed E-state index contributed by atoms with van der Waals surface area (Å²) < 4.78 is 13.7. The van der Waals surface area contributed by atoms with Crippen LogP contribution < -0.4 is 5.73 Å². The van der Waals surface area contributed by atoms with Gasteiger partial charge in [0.2, 0.25) is 5.91 Å². The number of carbonyl (C=O) groups excluding carboxylic acids is 1. The summed E-state index contributed by atoms with van der Waals surface area (Å²) in [5.74, 6) is 0.961. The lowest BCUT2D eigenvalue weighted by Crippen LogP contribution is -2.39. The second-order valence-electron chi connectivity index (χ2n) is 7.05. The minimum atomic E-state index is -0.259. The molecule has 0 radical (unpaired) electrons. The SMILES string of the molecule is CN(Cc1ccccc1F)C(=O)CN1CC2CCCC(N)C2C1.Cl. The highest BCUT2D eigenvalue weighted by atomic mass is 35.5. The normalized spacial score (nSPS) is 26.5. The summed E-state index contributed by atoms with van der Waals surface area (Å²) in [5, 5.41) is 0. The molecule has 3 atom stereocenters. The van der Waals surface area contributed by atoms with Crippen LogP contribution in [-0.2, 0) is 11.3 Å². The quantitative estimate of drug-likeness (QED) is 0.901. The molecular weight excluding hydrogens is 329 g/mol. The zero-order valence-corrected chi connectivity index (χ0v) is 15.0. The number of carbonyl (C=O) groups is 1. The molecule has 1 amide bonds. The van der Waals surface area contributed by atoms with Gasteiger partial charge >= 0.3 is 0 Å². The van der Waals surface area contributed by atoms with Gasteiger partial charge in [-0.3, -0.25) is 9.69 Å². The zero-order valence-electron chi connectivity index (χ0n) is 14.2. The van der Waals surface area contributed by atoms with E-state index < -0.39 is 0 Å². The smallest absolute Gasteiger partial charge is 0.236 e. The first-order chi connectivity index (χ1) is 11.0. The molecule has 1 aliphatic carbocycles. The highest BCUT2D eigenvalue weighted by Gasteiger charge is 2.39. The van der Waals surface area contributed by atoms with E-state index in [1.165, 1.54) is 18.9 Å². The predicted molar refractivity (Wildman–Crippen MR) is 95.4 cm³/mol. The Hall–Kier alpha value is -1.17. The van der Waals surface area contributed by atoms with E-state index >= 15 is 0 Å². The summed E-state index contributed by atoms with van der Waals surface area (Å²) in [4.78, 5) is 16.3. The molecule has 24 heavy (non-hydrogen) atoms. The molecule has 1 saturated heterocycles. The number of nitrogens with two attached hydrogens (primary N) is 1. The van der Waals surface area contributed by atoms with Crippen molar-refractivity contribution in [2.45, 2.75) is 31.8 Å². The second kappa shape index (κ2) is 8.28. The molecule has 1 aromatic rings. The van der Waals surface area contributed by atoms with Crippen molar-refractivity contribution >= 4 is 18.3 Å². The van der Waals surface area contributed by atoms with Crippen LogP contribution in [0.1, 0.15) is 24.8 Å². The number of halogens is 2. The van der Waals surface area contributed by atoms with E-state index in [9.17, 15) is 9.18 Å². The molecule has 4 nitrogen and oxygen atoms in total. The lowest BCUT2D eigenvalue weighted by molar-refractivity contribution is -0.131. The molecule has 0 spiro atoms.